The fraction of sp³-hybridized carbons (Fsp3) is 0.682. The molecule has 168 valence electrons. The van der Waals surface area contributed by atoms with Crippen molar-refractivity contribution in [1.82, 2.24) is 25.5 Å². The second kappa shape index (κ2) is 9.20. The molecule has 4 rings (SSSR count). The van der Waals surface area contributed by atoms with Crippen LogP contribution in [0.4, 0.5) is 5.95 Å². The zero-order valence-electron chi connectivity index (χ0n) is 18.3. The van der Waals surface area contributed by atoms with E-state index in [1.165, 1.54) is 6.42 Å². The topological polar surface area (TPSA) is 108 Å². The Balaban J connectivity index is 1.56. The highest BCUT2D eigenvalue weighted by atomic mass is 16.2. The molecule has 9 nitrogen and oxygen atoms in total. The molecule has 0 radical (unpaired) electrons. The van der Waals surface area contributed by atoms with Crippen LogP contribution in [0.25, 0.3) is 0 Å². The molecular weight excluding hydrogens is 396 g/mol. The van der Waals surface area contributed by atoms with Crippen LogP contribution in [0.5, 0.6) is 0 Å². The largest absolute Gasteiger partial charge is 0.354 e. The van der Waals surface area contributed by atoms with Crippen LogP contribution < -0.4 is 15.5 Å². The first-order valence-corrected chi connectivity index (χ1v) is 11.4. The van der Waals surface area contributed by atoms with Crippen LogP contribution >= 0.6 is 0 Å². The molecule has 0 saturated carbocycles. The number of anilines is 1. The number of carbonyl (C=O) groups excluding carboxylic acids is 3. The Labute approximate surface area is 183 Å². The summed E-state index contributed by atoms with van der Waals surface area (Å²) in [5.41, 5.74) is 0.797. The lowest BCUT2D eigenvalue weighted by molar-refractivity contribution is -0.133. The van der Waals surface area contributed by atoms with E-state index in [9.17, 15) is 14.4 Å². The molecule has 9 heteroatoms. The molecule has 2 N–H and O–H groups in total. The summed E-state index contributed by atoms with van der Waals surface area (Å²) in [6.07, 6.45) is 6.12. The van der Waals surface area contributed by atoms with Crippen molar-refractivity contribution in [2.24, 2.45) is 5.92 Å². The maximum atomic E-state index is 13.0. The number of hydrogen-bond acceptors (Lipinski definition) is 6. The van der Waals surface area contributed by atoms with Gasteiger partial charge in [0, 0.05) is 50.8 Å². The standard InChI is InChI=1S/C22H32N6O3/c1-14(2)24-20(30)16-13-28(21(31)18-6-7-19(29)25-18)12-15(16)17-8-9-23-22(26-17)27-10-4-3-5-11-27/h8-9,14-16,18H,3-7,10-13H2,1-2H3,(H,24,30)(H,25,29)/t15-,16-,18+/m0/s1. The third-order valence-corrected chi connectivity index (χ3v) is 6.38. The van der Waals surface area contributed by atoms with Crippen LogP contribution in [-0.4, -0.2) is 70.9 Å². The van der Waals surface area contributed by atoms with Crippen molar-refractivity contribution >= 4 is 23.7 Å². The van der Waals surface area contributed by atoms with E-state index >= 15 is 0 Å². The monoisotopic (exact) mass is 428 g/mol. The van der Waals surface area contributed by atoms with E-state index in [0.717, 1.165) is 31.6 Å². The maximum Gasteiger partial charge on any atom is 0.245 e. The fourth-order valence-corrected chi connectivity index (χ4v) is 4.78. The molecule has 1 aromatic rings. The van der Waals surface area contributed by atoms with Crippen molar-refractivity contribution < 1.29 is 14.4 Å². The molecular formula is C22H32N6O3. The molecule has 0 aliphatic carbocycles. The Morgan fingerprint density at radius 2 is 1.97 bits per heavy atom. The van der Waals surface area contributed by atoms with E-state index in [2.05, 4.69) is 20.5 Å². The van der Waals surface area contributed by atoms with Gasteiger partial charge in [-0.05, 0) is 45.6 Å². The number of amides is 3. The predicted molar refractivity (Wildman–Crippen MR) is 115 cm³/mol. The average Bonchev–Trinajstić information content (AvgIpc) is 3.40. The predicted octanol–water partition coefficient (Wildman–Crippen LogP) is 0.812. The molecule has 0 spiro atoms. The van der Waals surface area contributed by atoms with Crippen LogP contribution in [0.1, 0.15) is 57.6 Å². The van der Waals surface area contributed by atoms with Gasteiger partial charge in [-0.2, -0.15) is 0 Å². The molecule has 1 aromatic heterocycles. The normalized spacial score (nSPS) is 26.3. The van der Waals surface area contributed by atoms with Gasteiger partial charge in [-0.1, -0.05) is 0 Å². The molecule has 3 atom stereocenters. The zero-order chi connectivity index (χ0) is 22.0. The lowest BCUT2D eigenvalue weighted by Crippen LogP contribution is -2.44. The minimum absolute atomic E-state index is 0.0151. The number of aromatic nitrogens is 2. The van der Waals surface area contributed by atoms with Gasteiger partial charge in [0.25, 0.3) is 0 Å². The molecule has 0 bridgehead atoms. The summed E-state index contributed by atoms with van der Waals surface area (Å²) in [4.78, 5) is 50.8. The van der Waals surface area contributed by atoms with Crippen molar-refractivity contribution in [2.45, 2.75) is 64.0 Å². The molecule has 3 fully saturated rings. The summed E-state index contributed by atoms with van der Waals surface area (Å²) in [5, 5.41) is 5.75. The SMILES string of the molecule is CC(C)NC(=O)[C@H]1CN(C(=O)[C@H]2CCC(=O)N2)C[C@@H]1c1ccnc(N2CCCCC2)n1. The Kier molecular flexibility index (Phi) is 6.38. The first-order valence-electron chi connectivity index (χ1n) is 11.4. The molecule has 3 saturated heterocycles. The molecule has 4 heterocycles. The van der Waals surface area contributed by atoms with E-state index in [1.807, 2.05) is 19.9 Å². The number of piperidine rings is 1. The van der Waals surface area contributed by atoms with E-state index in [4.69, 9.17) is 4.98 Å². The lowest BCUT2D eigenvalue weighted by Gasteiger charge is -2.27. The number of rotatable bonds is 5. The number of likely N-dealkylation sites (tertiary alicyclic amines) is 1. The number of carbonyl (C=O) groups is 3. The summed E-state index contributed by atoms with van der Waals surface area (Å²) in [5.74, 6) is -0.151. The van der Waals surface area contributed by atoms with Gasteiger partial charge >= 0.3 is 0 Å². The highest BCUT2D eigenvalue weighted by Gasteiger charge is 2.43. The van der Waals surface area contributed by atoms with Gasteiger partial charge in [0.15, 0.2) is 0 Å². The summed E-state index contributed by atoms with van der Waals surface area (Å²) in [6, 6.07) is 1.38. The minimum atomic E-state index is -0.491. The van der Waals surface area contributed by atoms with Crippen molar-refractivity contribution in [3.8, 4) is 0 Å². The summed E-state index contributed by atoms with van der Waals surface area (Å²) < 4.78 is 0. The third kappa shape index (κ3) is 4.80. The fourth-order valence-electron chi connectivity index (χ4n) is 4.78. The van der Waals surface area contributed by atoms with Gasteiger partial charge in [0.1, 0.15) is 6.04 Å². The van der Waals surface area contributed by atoms with Crippen molar-refractivity contribution in [3.05, 3.63) is 18.0 Å². The Bertz CT molecular complexity index is 838. The van der Waals surface area contributed by atoms with Crippen molar-refractivity contribution in [1.29, 1.82) is 0 Å². The molecule has 0 unspecified atom stereocenters. The van der Waals surface area contributed by atoms with Crippen LogP contribution in [0, 0.1) is 5.92 Å². The third-order valence-electron chi connectivity index (χ3n) is 6.38. The quantitative estimate of drug-likeness (QED) is 0.719. The summed E-state index contributed by atoms with van der Waals surface area (Å²) in [7, 11) is 0. The first-order chi connectivity index (χ1) is 14.9. The number of nitrogens with one attached hydrogen (secondary N) is 2. The molecule has 3 aliphatic rings. The molecule has 3 aliphatic heterocycles. The summed E-state index contributed by atoms with van der Waals surface area (Å²) >= 11 is 0. The first kappa shape index (κ1) is 21.5. The Morgan fingerprint density at radius 1 is 1.19 bits per heavy atom. The zero-order valence-corrected chi connectivity index (χ0v) is 18.3. The van der Waals surface area contributed by atoms with E-state index < -0.39 is 6.04 Å². The van der Waals surface area contributed by atoms with Gasteiger partial charge in [-0.3, -0.25) is 14.4 Å². The van der Waals surface area contributed by atoms with Crippen LogP contribution in [0.2, 0.25) is 0 Å². The van der Waals surface area contributed by atoms with E-state index in [1.54, 1.807) is 11.1 Å². The number of hydrogen-bond donors (Lipinski definition) is 2. The van der Waals surface area contributed by atoms with Gasteiger partial charge in [0.05, 0.1) is 11.6 Å². The van der Waals surface area contributed by atoms with Crippen LogP contribution in [0.15, 0.2) is 12.3 Å². The Morgan fingerprint density at radius 3 is 2.65 bits per heavy atom. The average molecular weight is 429 g/mol. The van der Waals surface area contributed by atoms with Gasteiger partial charge in [-0.25, -0.2) is 9.97 Å². The van der Waals surface area contributed by atoms with Crippen LogP contribution in [0.3, 0.4) is 0 Å². The molecule has 3 amide bonds. The van der Waals surface area contributed by atoms with Gasteiger partial charge in [-0.15, -0.1) is 0 Å². The maximum absolute atomic E-state index is 13.0. The smallest absolute Gasteiger partial charge is 0.245 e. The highest BCUT2D eigenvalue weighted by molar-refractivity contribution is 5.91. The van der Waals surface area contributed by atoms with Crippen molar-refractivity contribution in [3.63, 3.8) is 0 Å². The minimum Gasteiger partial charge on any atom is -0.354 e. The van der Waals surface area contributed by atoms with Gasteiger partial charge < -0.3 is 20.4 Å². The second-order valence-corrected chi connectivity index (χ2v) is 9.11. The number of nitrogens with zero attached hydrogens (tertiary/aromatic N) is 4. The highest BCUT2D eigenvalue weighted by Crippen LogP contribution is 2.33. The molecule has 0 aromatic carbocycles. The summed E-state index contributed by atoms with van der Waals surface area (Å²) in [6.45, 7) is 6.49. The lowest BCUT2D eigenvalue weighted by atomic mass is 9.91. The second-order valence-electron chi connectivity index (χ2n) is 9.11. The van der Waals surface area contributed by atoms with Crippen molar-refractivity contribution in [2.75, 3.05) is 31.1 Å². The Hall–Kier alpha value is -2.71. The molecule has 31 heavy (non-hydrogen) atoms. The van der Waals surface area contributed by atoms with Crippen LogP contribution in [-0.2, 0) is 14.4 Å². The van der Waals surface area contributed by atoms with Gasteiger partial charge in [0.2, 0.25) is 23.7 Å². The van der Waals surface area contributed by atoms with E-state index in [-0.39, 0.29) is 35.6 Å². The van der Waals surface area contributed by atoms with E-state index in [0.29, 0.717) is 31.9 Å².